The average Bonchev–Trinajstić information content (AvgIpc) is 3.44. The van der Waals surface area contributed by atoms with Gasteiger partial charge in [0.25, 0.3) is 5.56 Å². The second-order valence-corrected chi connectivity index (χ2v) is 9.43. The molecule has 174 valence electrons. The lowest BCUT2D eigenvalue weighted by molar-refractivity contribution is -0.116. The van der Waals surface area contributed by atoms with E-state index in [1.807, 2.05) is 0 Å². The summed E-state index contributed by atoms with van der Waals surface area (Å²) in [6.45, 7) is 5.16. The van der Waals surface area contributed by atoms with E-state index in [9.17, 15) is 14.4 Å². The van der Waals surface area contributed by atoms with E-state index in [4.69, 9.17) is 9.47 Å². The number of carbonyl (C=O) groups excluding carboxylic acids is 1. The van der Waals surface area contributed by atoms with Crippen LogP contribution in [0.15, 0.2) is 27.8 Å². The Bertz CT molecular complexity index is 1340. The number of fused-ring (bicyclic) bond motifs is 2. The molecule has 1 fully saturated rings. The lowest BCUT2D eigenvalue weighted by atomic mass is 10.1. The molecule has 0 radical (unpaired) electrons. The van der Waals surface area contributed by atoms with Crippen LogP contribution in [-0.2, 0) is 11.3 Å². The monoisotopic (exact) mass is 471 g/mol. The molecule has 2 aromatic heterocycles. The number of amides is 1. The van der Waals surface area contributed by atoms with Crippen LogP contribution < -0.4 is 30.9 Å². The van der Waals surface area contributed by atoms with Crippen LogP contribution in [0.25, 0.3) is 10.3 Å². The predicted molar refractivity (Wildman–Crippen MR) is 126 cm³/mol. The number of hydrogen-bond acceptors (Lipinski definition) is 8. The lowest BCUT2D eigenvalue weighted by Crippen LogP contribution is -2.42. The van der Waals surface area contributed by atoms with Gasteiger partial charge in [0.1, 0.15) is 11.2 Å². The van der Waals surface area contributed by atoms with Crippen molar-refractivity contribution >= 4 is 38.4 Å². The molecule has 1 aromatic carbocycles. The van der Waals surface area contributed by atoms with Crippen LogP contribution in [0.3, 0.4) is 0 Å². The number of anilines is 2. The van der Waals surface area contributed by atoms with E-state index in [0.717, 1.165) is 25.9 Å². The highest BCUT2D eigenvalue weighted by Crippen LogP contribution is 2.34. The first-order chi connectivity index (χ1) is 15.9. The van der Waals surface area contributed by atoms with Gasteiger partial charge in [-0.15, -0.1) is 0 Å². The summed E-state index contributed by atoms with van der Waals surface area (Å²) in [5.74, 6) is 0.757. The Labute approximate surface area is 193 Å². The quantitative estimate of drug-likeness (QED) is 0.609. The first-order valence-corrected chi connectivity index (χ1v) is 11.8. The highest BCUT2D eigenvalue weighted by Gasteiger charge is 2.23. The summed E-state index contributed by atoms with van der Waals surface area (Å²) in [6, 6.07) is 4.74. The van der Waals surface area contributed by atoms with Crippen molar-refractivity contribution in [2.75, 3.05) is 30.1 Å². The van der Waals surface area contributed by atoms with Gasteiger partial charge in [-0.25, -0.2) is 9.78 Å². The number of rotatable bonds is 5. The van der Waals surface area contributed by atoms with Crippen molar-refractivity contribution in [3.05, 3.63) is 39.0 Å². The van der Waals surface area contributed by atoms with Crippen molar-refractivity contribution in [3.63, 3.8) is 0 Å². The summed E-state index contributed by atoms with van der Waals surface area (Å²) in [6.07, 6.45) is 3.31. The van der Waals surface area contributed by atoms with Gasteiger partial charge in [0.15, 0.2) is 22.3 Å². The van der Waals surface area contributed by atoms with Gasteiger partial charge in [0, 0.05) is 30.9 Å². The molecule has 2 aliphatic rings. The molecule has 1 saturated heterocycles. The Morgan fingerprint density at radius 2 is 1.91 bits per heavy atom. The summed E-state index contributed by atoms with van der Waals surface area (Å²) in [5.41, 5.74) is -0.122. The van der Waals surface area contributed by atoms with Gasteiger partial charge in [-0.05, 0) is 45.2 Å². The standard InChI is InChI=1S/C22H25N5O5S/c1-13(2)27-20(29)18-19(24-21(33-18)25-8-4-3-5-9-25)26(22(27)30)11-17(28)23-14-6-7-15-16(10-14)32-12-31-15/h6-7,10,13H,3-5,8-9,11-12H2,1-2H3,(H,23,28). The van der Waals surface area contributed by atoms with Gasteiger partial charge in [-0.3, -0.25) is 18.7 Å². The predicted octanol–water partition coefficient (Wildman–Crippen LogP) is 2.56. The second kappa shape index (κ2) is 8.54. The third-order valence-corrected chi connectivity index (χ3v) is 6.90. The maximum Gasteiger partial charge on any atom is 0.333 e. The van der Waals surface area contributed by atoms with Crippen LogP contribution in [0.4, 0.5) is 10.8 Å². The normalized spacial score (nSPS) is 15.4. The second-order valence-electron chi connectivity index (χ2n) is 8.45. The van der Waals surface area contributed by atoms with E-state index in [2.05, 4.69) is 15.2 Å². The Balaban J connectivity index is 1.51. The van der Waals surface area contributed by atoms with E-state index in [1.54, 1.807) is 32.0 Å². The number of carbonyl (C=O) groups is 1. The van der Waals surface area contributed by atoms with Gasteiger partial charge in [0.05, 0.1) is 0 Å². The van der Waals surface area contributed by atoms with Crippen molar-refractivity contribution in [1.82, 2.24) is 14.1 Å². The third-order valence-electron chi connectivity index (χ3n) is 5.80. The molecule has 5 rings (SSSR count). The molecule has 0 unspecified atom stereocenters. The van der Waals surface area contributed by atoms with E-state index in [-0.39, 0.29) is 30.6 Å². The molecule has 10 nitrogen and oxygen atoms in total. The van der Waals surface area contributed by atoms with E-state index >= 15 is 0 Å². The fraction of sp³-hybridized carbons (Fsp3) is 0.455. The minimum atomic E-state index is -0.543. The fourth-order valence-electron chi connectivity index (χ4n) is 4.18. The lowest BCUT2D eigenvalue weighted by Gasteiger charge is -2.25. The Morgan fingerprint density at radius 1 is 1.15 bits per heavy atom. The fourth-order valence-corrected chi connectivity index (χ4v) is 5.24. The maximum absolute atomic E-state index is 13.2. The SMILES string of the molecule is CC(C)n1c(=O)c2sc(N3CCCCC3)nc2n(CC(=O)Nc2ccc3c(c2)OCO3)c1=O. The van der Waals surface area contributed by atoms with Crippen molar-refractivity contribution in [1.29, 1.82) is 0 Å². The Hall–Kier alpha value is -3.34. The third kappa shape index (κ3) is 3.97. The number of nitrogens with zero attached hydrogens (tertiary/aromatic N) is 4. The molecule has 0 atom stereocenters. The molecule has 4 heterocycles. The number of thiazole rings is 1. The molecule has 0 spiro atoms. The minimum absolute atomic E-state index is 0.139. The average molecular weight is 472 g/mol. The number of nitrogens with one attached hydrogen (secondary N) is 1. The van der Waals surface area contributed by atoms with Crippen LogP contribution in [0.2, 0.25) is 0 Å². The van der Waals surface area contributed by atoms with E-state index < -0.39 is 11.6 Å². The molecular weight excluding hydrogens is 446 g/mol. The first-order valence-electron chi connectivity index (χ1n) is 11.0. The van der Waals surface area contributed by atoms with E-state index in [1.165, 1.54) is 26.9 Å². The molecule has 0 bridgehead atoms. The van der Waals surface area contributed by atoms with E-state index in [0.29, 0.717) is 27.0 Å². The van der Waals surface area contributed by atoms with Gasteiger partial charge < -0.3 is 19.7 Å². The Morgan fingerprint density at radius 3 is 2.67 bits per heavy atom. The maximum atomic E-state index is 13.2. The number of piperidine rings is 1. The summed E-state index contributed by atoms with van der Waals surface area (Å²) < 4.78 is 13.5. The van der Waals surface area contributed by atoms with Gasteiger partial charge in [0.2, 0.25) is 12.7 Å². The summed E-state index contributed by atoms with van der Waals surface area (Å²) in [7, 11) is 0. The number of aromatic nitrogens is 3. The van der Waals surface area contributed by atoms with Crippen molar-refractivity contribution < 1.29 is 14.3 Å². The molecule has 1 N–H and O–H groups in total. The van der Waals surface area contributed by atoms with Crippen LogP contribution in [0.1, 0.15) is 39.2 Å². The molecule has 0 aliphatic carbocycles. The van der Waals surface area contributed by atoms with Crippen LogP contribution >= 0.6 is 11.3 Å². The van der Waals surface area contributed by atoms with Crippen LogP contribution in [0.5, 0.6) is 11.5 Å². The zero-order valence-electron chi connectivity index (χ0n) is 18.5. The smallest absolute Gasteiger partial charge is 0.333 e. The van der Waals surface area contributed by atoms with Crippen molar-refractivity contribution in [2.45, 2.75) is 45.7 Å². The van der Waals surface area contributed by atoms with Gasteiger partial charge >= 0.3 is 5.69 Å². The Kier molecular flexibility index (Phi) is 5.57. The molecular formula is C22H25N5O5S. The number of benzene rings is 1. The molecule has 2 aliphatic heterocycles. The minimum Gasteiger partial charge on any atom is -0.454 e. The molecule has 3 aromatic rings. The molecule has 33 heavy (non-hydrogen) atoms. The topological polar surface area (TPSA) is 108 Å². The summed E-state index contributed by atoms with van der Waals surface area (Å²) in [5, 5.41) is 3.50. The highest BCUT2D eigenvalue weighted by atomic mass is 32.1. The van der Waals surface area contributed by atoms with Crippen molar-refractivity contribution in [3.8, 4) is 11.5 Å². The van der Waals surface area contributed by atoms with Gasteiger partial charge in [-0.2, -0.15) is 0 Å². The summed E-state index contributed by atoms with van der Waals surface area (Å²) in [4.78, 5) is 46.0. The van der Waals surface area contributed by atoms with Crippen LogP contribution in [-0.4, -0.2) is 39.9 Å². The molecule has 0 saturated carbocycles. The first kappa shape index (κ1) is 21.5. The van der Waals surface area contributed by atoms with Crippen molar-refractivity contribution in [2.24, 2.45) is 0 Å². The zero-order chi connectivity index (χ0) is 23.1. The van der Waals surface area contributed by atoms with Crippen LogP contribution in [0, 0.1) is 0 Å². The number of hydrogen-bond donors (Lipinski definition) is 1. The molecule has 11 heteroatoms. The largest absolute Gasteiger partial charge is 0.454 e. The van der Waals surface area contributed by atoms with Gasteiger partial charge in [-0.1, -0.05) is 11.3 Å². The number of ether oxygens (including phenoxy) is 2. The highest BCUT2D eigenvalue weighted by molar-refractivity contribution is 7.22. The summed E-state index contributed by atoms with van der Waals surface area (Å²) >= 11 is 1.29. The molecule has 1 amide bonds. The zero-order valence-corrected chi connectivity index (χ0v) is 19.3.